The Bertz CT molecular complexity index is 394. The minimum atomic E-state index is -0.129. The van der Waals surface area contributed by atoms with Gasteiger partial charge in [-0.05, 0) is 42.5 Å². The first-order valence-electron chi connectivity index (χ1n) is 5.94. The second-order valence-corrected chi connectivity index (χ2v) is 4.67. The van der Waals surface area contributed by atoms with Crippen LogP contribution in [0.2, 0.25) is 0 Å². The van der Waals surface area contributed by atoms with Crippen molar-refractivity contribution >= 4 is 17.3 Å². The number of esters is 1. The zero-order chi connectivity index (χ0) is 12.3. The number of anilines is 2. The third kappa shape index (κ3) is 3.37. The highest BCUT2D eigenvalue weighted by Gasteiger charge is 2.21. The summed E-state index contributed by atoms with van der Waals surface area (Å²) in [4.78, 5) is 11.5. The van der Waals surface area contributed by atoms with Crippen molar-refractivity contribution in [2.75, 3.05) is 11.5 Å². The molecule has 0 spiro atoms. The van der Waals surface area contributed by atoms with E-state index in [9.17, 15) is 4.79 Å². The van der Waals surface area contributed by atoms with Crippen LogP contribution in [0.5, 0.6) is 0 Å². The van der Waals surface area contributed by atoms with Gasteiger partial charge in [-0.15, -0.1) is 0 Å². The Morgan fingerprint density at radius 1 is 1.24 bits per heavy atom. The van der Waals surface area contributed by atoms with Gasteiger partial charge in [0, 0.05) is 17.8 Å². The molecule has 0 bridgehead atoms. The summed E-state index contributed by atoms with van der Waals surface area (Å²) < 4.78 is 5.19. The fraction of sp³-hybridized carbons (Fsp3) is 0.462. The molecule has 2 rings (SSSR count). The lowest BCUT2D eigenvalue weighted by Crippen LogP contribution is -2.17. The van der Waals surface area contributed by atoms with Crippen molar-refractivity contribution in [3.05, 3.63) is 23.8 Å². The molecule has 1 aromatic carbocycles. The van der Waals surface area contributed by atoms with E-state index < -0.39 is 0 Å². The molecule has 1 aliphatic rings. The number of nitrogen functional groups attached to an aromatic ring is 2. The highest BCUT2D eigenvalue weighted by atomic mass is 16.5. The maximum atomic E-state index is 11.5. The van der Waals surface area contributed by atoms with E-state index in [1.165, 1.54) is 6.42 Å². The van der Waals surface area contributed by atoms with Crippen molar-refractivity contribution in [1.29, 1.82) is 0 Å². The van der Waals surface area contributed by atoms with Gasteiger partial charge in [0.25, 0.3) is 0 Å². The summed E-state index contributed by atoms with van der Waals surface area (Å²) in [7, 11) is 0. The third-order valence-electron chi connectivity index (χ3n) is 3.12. The molecule has 0 radical (unpaired) electrons. The Balaban J connectivity index is 1.81. The van der Waals surface area contributed by atoms with E-state index in [0.717, 1.165) is 18.4 Å². The molecule has 1 saturated carbocycles. The van der Waals surface area contributed by atoms with Crippen molar-refractivity contribution in [2.45, 2.75) is 32.3 Å². The van der Waals surface area contributed by atoms with Gasteiger partial charge in [-0.1, -0.05) is 6.42 Å². The molecular weight excluding hydrogens is 216 g/mol. The Kier molecular flexibility index (Phi) is 3.52. The number of nitrogens with two attached hydrogens (primary N) is 2. The molecule has 1 fully saturated rings. The van der Waals surface area contributed by atoms with Gasteiger partial charge >= 0.3 is 5.97 Å². The molecule has 0 unspecified atom stereocenters. The largest absolute Gasteiger partial charge is 0.461 e. The fourth-order valence-electron chi connectivity index (χ4n) is 1.98. The van der Waals surface area contributed by atoms with Crippen LogP contribution in [0.15, 0.2) is 18.2 Å². The number of hydrogen-bond donors (Lipinski definition) is 2. The summed E-state index contributed by atoms with van der Waals surface area (Å²) in [6.07, 6.45) is 4.09. The first kappa shape index (κ1) is 11.8. The van der Waals surface area contributed by atoms with Gasteiger partial charge in [0.15, 0.2) is 0 Å². The molecule has 1 aromatic rings. The molecular formula is C13H18N2O2. The molecule has 0 amide bonds. The number of hydrogen-bond acceptors (Lipinski definition) is 4. The van der Waals surface area contributed by atoms with Crippen LogP contribution < -0.4 is 11.5 Å². The molecule has 0 aromatic heterocycles. The van der Waals surface area contributed by atoms with Crippen LogP contribution in [0.25, 0.3) is 0 Å². The summed E-state index contributed by atoms with van der Waals surface area (Å²) in [6, 6.07) is 5.22. The smallest absolute Gasteiger partial charge is 0.306 e. The zero-order valence-electron chi connectivity index (χ0n) is 9.82. The lowest BCUT2D eigenvalue weighted by Gasteiger charge is -2.23. The average Bonchev–Trinajstić information content (AvgIpc) is 2.19. The zero-order valence-corrected chi connectivity index (χ0v) is 9.82. The molecule has 4 N–H and O–H groups in total. The summed E-state index contributed by atoms with van der Waals surface area (Å²) in [5.74, 6) is 0.407. The van der Waals surface area contributed by atoms with E-state index in [4.69, 9.17) is 16.2 Å². The average molecular weight is 234 g/mol. The van der Waals surface area contributed by atoms with Gasteiger partial charge in [-0.25, -0.2) is 0 Å². The monoisotopic (exact) mass is 234 g/mol. The van der Waals surface area contributed by atoms with Crippen LogP contribution in [0.1, 0.15) is 31.2 Å². The number of rotatable bonds is 4. The van der Waals surface area contributed by atoms with Gasteiger partial charge in [0.1, 0.15) is 6.61 Å². The quantitative estimate of drug-likeness (QED) is 0.617. The molecule has 92 valence electrons. The molecule has 1 aliphatic carbocycles. The number of carbonyl (C=O) groups is 1. The van der Waals surface area contributed by atoms with E-state index in [1.54, 1.807) is 18.2 Å². The van der Waals surface area contributed by atoms with E-state index in [0.29, 0.717) is 23.7 Å². The van der Waals surface area contributed by atoms with Gasteiger partial charge in [0.2, 0.25) is 0 Å². The highest BCUT2D eigenvalue weighted by molar-refractivity contribution is 5.70. The first-order valence-corrected chi connectivity index (χ1v) is 5.94. The van der Waals surface area contributed by atoms with E-state index >= 15 is 0 Å². The molecule has 17 heavy (non-hydrogen) atoms. The molecule has 0 aliphatic heterocycles. The first-order chi connectivity index (χ1) is 8.13. The lowest BCUT2D eigenvalue weighted by molar-refractivity contribution is -0.146. The molecule has 0 atom stereocenters. The van der Waals surface area contributed by atoms with E-state index in [-0.39, 0.29) is 12.6 Å². The van der Waals surface area contributed by atoms with Gasteiger partial charge < -0.3 is 16.2 Å². The molecule has 4 heteroatoms. The Labute approximate surface area is 101 Å². The minimum Gasteiger partial charge on any atom is -0.461 e. The fourth-order valence-corrected chi connectivity index (χ4v) is 1.98. The Morgan fingerprint density at radius 2 is 1.88 bits per heavy atom. The topological polar surface area (TPSA) is 78.3 Å². The Morgan fingerprint density at radius 3 is 2.41 bits per heavy atom. The van der Waals surface area contributed by atoms with Crippen molar-refractivity contribution in [2.24, 2.45) is 5.92 Å². The van der Waals surface area contributed by atoms with Crippen LogP contribution in [0.4, 0.5) is 11.4 Å². The summed E-state index contributed by atoms with van der Waals surface area (Å²) in [6.45, 7) is 0.251. The van der Waals surface area contributed by atoms with Crippen molar-refractivity contribution in [3.63, 3.8) is 0 Å². The minimum absolute atomic E-state index is 0.129. The van der Waals surface area contributed by atoms with Gasteiger partial charge in [0.05, 0.1) is 0 Å². The highest BCUT2D eigenvalue weighted by Crippen LogP contribution is 2.29. The summed E-state index contributed by atoms with van der Waals surface area (Å²) in [5.41, 5.74) is 13.3. The van der Waals surface area contributed by atoms with E-state index in [2.05, 4.69) is 0 Å². The van der Waals surface area contributed by atoms with Crippen LogP contribution in [0, 0.1) is 5.92 Å². The van der Waals surface area contributed by atoms with Crippen LogP contribution >= 0.6 is 0 Å². The molecule has 0 saturated heterocycles. The third-order valence-corrected chi connectivity index (χ3v) is 3.12. The van der Waals surface area contributed by atoms with Crippen molar-refractivity contribution in [3.8, 4) is 0 Å². The maximum Gasteiger partial charge on any atom is 0.306 e. The normalized spacial score (nSPS) is 15.3. The lowest BCUT2D eigenvalue weighted by atomic mass is 9.83. The van der Waals surface area contributed by atoms with Crippen LogP contribution in [0.3, 0.4) is 0 Å². The van der Waals surface area contributed by atoms with Gasteiger partial charge in [-0.2, -0.15) is 0 Å². The number of ether oxygens (including phenoxy) is 1. The Hall–Kier alpha value is -1.71. The van der Waals surface area contributed by atoms with Crippen LogP contribution in [-0.2, 0) is 16.1 Å². The van der Waals surface area contributed by atoms with Crippen LogP contribution in [-0.4, -0.2) is 5.97 Å². The summed E-state index contributed by atoms with van der Waals surface area (Å²) >= 11 is 0. The predicted octanol–water partition coefficient (Wildman–Crippen LogP) is 2.08. The number of carbonyl (C=O) groups excluding carboxylic acids is 1. The molecule has 0 heterocycles. The maximum absolute atomic E-state index is 11.5. The number of benzene rings is 1. The molecule has 4 nitrogen and oxygen atoms in total. The predicted molar refractivity (Wildman–Crippen MR) is 67.0 cm³/mol. The second kappa shape index (κ2) is 5.08. The van der Waals surface area contributed by atoms with E-state index in [1.807, 2.05) is 0 Å². The van der Waals surface area contributed by atoms with Gasteiger partial charge in [-0.3, -0.25) is 4.79 Å². The van der Waals surface area contributed by atoms with Crippen molar-refractivity contribution in [1.82, 2.24) is 0 Å². The second-order valence-electron chi connectivity index (χ2n) is 4.67. The van der Waals surface area contributed by atoms with Crippen molar-refractivity contribution < 1.29 is 9.53 Å². The standard InChI is InChI=1S/C13H18N2O2/c14-11-4-10(5-12(15)7-11)8-17-13(16)6-9-2-1-3-9/h4-5,7,9H,1-3,6,8,14-15H2. The summed E-state index contributed by atoms with van der Waals surface area (Å²) in [5, 5.41) is 0. The SMILES string of the molecule is Nc1cc(N)cc(COC(=O)CC2CCC2)c1.